The van der Waals surface area contributed by atoms with E-state index in [9.17, 15) is 14.7 Å². The molecule has 2 heterocycles. The van der Waals surface area contributed by atoms with Gasteiger partial charge in [0.1, 0.15) is 17.3 Å². The molecule has 0 spiro atoms. The molecule has 5 rings (SSSR count). The van der Waals surface area contributed by atoms with Crippen molar-refractivity contribution in [1.29, 1.82) is 0 Å². The predicted molar refractivity (Wildman–Crippen MR) is 148 cm³/mol. The molecule has 3 aromatic rings. The molecule has 1 saturated heterocycles. The third-order valence-corrected chi connectivity index (χ3v) is 7.31. The lowest BCUT2D eigenvalue weighted by atomic mass is 9.93. The van der Waals surface area contributed by atoms with Gasteiger partial charge in [-0.05, 0) is 92.4 Å². The number of aliphatic hydroxyl groups excluding tert-OH is 1. The largest absolute Gasteiger partial charge is 0.507 e. The van der Waals surface area contributed by atoms with E-state index in [1.807, 2.05) is 36.4 Å². The molecule has 1 unspecified atom stereocenters. The molecule has 0 aliphatic carbocycles. The van der Waals surface area contributed by atoms with Gasteiger partial charge in [-0.25, -0.2) is 0 Å². The zero-order valence-electron chi connectivity index (χ0n) is 21.9. The molecule has 0 saturated carbocycles. The molecule has 38 heavy (non-hydrogen) atoms. The van der Waals surface area contributed by atoms with Crippen molar-refractivity contribution in [2.75, 3.05) is 36.6 Å². The molecule has 1 amide bonds. The van der Waals surface area contributed by atoms with Crippen molar-refractivity contribution in [2.24, 2.45) is 0 Å². The van der Waals surface area contributed by atoms with Crippen molar-refractivity contribution in [1.82, 2.24) is 0 Å². The smallest absolute Gasteiger partial charge is 0.300 e. The van der Waals surface area contributed by atoms with E-state index < -0.39 is 17.7 Å². The molecular formula is C31H32N2O5. The van der Waals surface area contributed by atoms with Crippen molar-refractivity contribution >= 4 is 28.8 Å². The summed E-state index contributed by atoms with van der Waals surface area (Å²) in [6.07, 6.45) is 1.71. The summed E-state index contributed by atoms with van der Waals surface area (Å²) in [4.78, 5) is 30.6. The molecule has 0 aromatic heterocycles. The second kappa shape index (κ2) is 10.6. The van der Waals surface area contributed by atoms with Crippen LogP contribution in [0, 0.1) is 0 Å². The number of ether oxygens (including phenoxy) is 2. The number of Topliss-reactive ketones (excluding diaryl/α,β-unsaturated/α-hetero) is 1. The van der Waals surface area contributed by atoms with Crippen LogP contribution in [-0.4, -0.2) is 43.6 Å². The van der Waals surface area contributed by atoms with Crippen LogP contribution >= 0.6 is 0 Å². The van der Waals surface area contributed by atoms with Gasteiger partial charge in [-0.1, -0.05) is 12.1 Å². The zero-order valence-corrected chi connectivity index (χ0v) is 21.9. The SMILES string of the molecule is CCN(CC)c1ccc(C2/C(=C(/O)c3ccc4c(c3)CCCO4)C(=O)C(=O)N2c2ccc(OC)cc2)cc1. The van der Waals surface area contributed by atoms with Gasteiger partial charge in [-0.15, -0.1) is 0 Å². The number of carbonyl (C=O) groups excluding carboxylic acids is 2. The first-order valence-corrected chi connectivity index (χ1v) is 13.0. The minimum atomic E-state index is -0.790. The first-order chi connectivity index (χ1) is 18.5. The Morgan fingerprint density at radius 3 is 2.39 bits per heavy atom. The Kier molecular flexibility index (Phi) is 7.09. The van der Waals surface area contributed by atoms with Crippen LogP contribution < -0.4 is 19.3 Å². The first-order valence-electron chi connectivity index (χ1n) is 13.0. The third-order valence-electron chi connectivity index (χ3n) is 7.31. The second-order valence-electron chi connectivity index (χ2n) is 9.41. The maximum absolute atomic E-state index is 13.5. The normalized spacial score (nSPS) is 18.2. The van der Waals surface area contributed by atoms with Gasteiger partial charge in [0.2, 0.25) is 0 Å². The highest BCUT2D eigenvalue weighted by Crippen LogP contribution is 2.43. The number of rotatable bonds is 7. The van der Waals surface area contributed by atoms with Gasteiger partial charge >= 0.3 is 0 Å². The molecule has 1 atom stereocenters. The Bertz CT molecular complexity index is 1370. The van der Waals surface area contributed by atoms with Gasteiger partial charge < -0.3 is 19.5 Å². The van der Waals surface area contributed by atoms with E-state index in [2.05, 4.69) is 18.7 Å². The fourth-order valence-electron chi connectivity index (χ4n) is 5.28. The number of aliphatic hydroxyl groups is 1. The molecule has 1 fully saturated rings. The van der Waals surface area contributed by atoms with E-state index in [4.69, 9.17) is 9.47 Å². The van der Waals surface area contributed by atoms with E-state index in [-0.39, 0.29) is 11.3 Å². The Balaban J connectivity index is 1.65. The van der Waals surface area contributed by atoms with Crippen molar-refractivity contribution in [3.05, 3.63) is 89.0 Å². The number of nitrogens with zero attached hydrogens (tertiary/aromatic N) is 2. The maximum atomic E-state index is 13.5. The highest BCUT2D eigenvalue weighted by molar-refractivity contribution is 6.51. The summed E-state index contributed by atoms with van der Waals surface area (Å²) >= 11 is 0. The van der Waals surface area contributed by atoms with Crippen LogP contribution in [0.3, 0.4) is 0 Å². The number of hydrogen-bond acceptors (Lipinski definition) is 6. The average molecular weight is 513 g/mol. The lowest BCUT2D eigenvalue weighted by Gasteiger charge is -2.27. The van der Waals surface area contributed by atoms with Crippen LogP contribution in [0.4, 0.5) is 11.4 Å². The molecule has 7 nitrogen and oxygen atoms in total. The van der Waals surface area contributed by atoms with Gasteiger partial charge in [0.25, 0.3) is 11.7 Å². The summed E-state index contributed by atoms with van der Waals surface area (Å²) in [5.74, 6) is -0.164. The monoisotopic (exact) mass is 512 g/mol. The van der Waals surface area contributed by atoms with Crippen molar-refractivity contribution in [2.45, 2.75) is 32.7 Å². The standard InChI is InChI=1S/C31H32N2O5/c1-4-32(5-2)23-11-8-20(9-12-23)28-27(29(34)22-10-17-26-21(19-22)7-6-18-38-26)30(35)31(36)33(28)24-13-15-25(37-3)16-14-24/h8-17,19,28,34H,4-7,18H2,1-3H3/b29-27-. The number of methoxy groups -OCH3 is 1. The van der Waals surface area contributed by atoms with E-state index in [1.165, 1.54) is 4.90 Å². The average Bonchev–Trinajstić information content (AvgIpc) is 3.23. The molecule has 3 aromatic carbocycles. The molecular weight excluding hydrogens is 480 g/mol. The van der Waals surface area contributed by atoms with Gasteiger partial charge in [-0.3, -0.25) is 14.5 Å². The summed E-state index contributed by atoms with van der Waals surface area (Å²) in [6.45, 7) is 6.58. The molecule has 7 heteroatoms. The Morgan fingerprint density at radius 2 is 1.74 bits per heavy atom. The molecule has 0 radical (unpaired) electrons. The summed E-state index contributed by atoms with van der Waals surface area (Å²) < 4.78 is 11.0. The molecule has 1 N–H and O–H groups in total. The van der Waals surface area contributed by atoms with Crippen LogP contribution in [0.1, 0.15) is 43.0 Å². The van der Waals surface area contributed by atoms with E-state index >= 15 is 0 Å². The van der Waals surface area contributed by atoms with Gasteiger partial charge in [0.05, 0.1) is 25.3 Å². The highest BCUT2D eigenvalue weighted by Gasteiger charge is 2.47. The predicted octanol–water partition coefficient (Wildman–Crippen LogP) is 5.49. The van der Waals surface area contributed by atoms with Gasteiger partial charge in [0, 0.05) is 30.0 Å². The minimum absolute atomic E-state index is 0.0677. The van der Waals surface area contributed by atoms with Crippen molar-refractivity contribution in [3.8, 4) is 11.5 Å². The van der Waals surface area contributed by atoms with Crippen LogP contribution in [0.25, 0.3) is 5.76 Å². The number of benzene rings is 3. The lowest BCUT2D eigenvalue weighted by Crippen LogP contribution is -2.29. The second-order valence-corrected chi connectivity index (χ2v) is 9.41. The lowest BCUT2D eigenvalue weighted by molar-refractivity contribution is -0.132. The van der Waals surface area contributed by atoms with Gasteiger partial charge in [0.15, 0.2) is 0 Å². The fourth-order valence-corrected chi connectivity index (χ4v) is 5.28. The number of aryl methyl sites for hydroxylation is 1. The molecule has 2 aliphatic rings. The van der Waals surface area contributed by atoms with Crippen LogP contribution in [0.2, 0.25) is 0 Å². The number of hydrogen-bond donors (Lipinski definition) is 1. The number of carbonyl (C=O) groups is 2. The molecule has 2 aliphatic heterocycles. The quantitative estimate of drug-likeness (QED) is 0.256. The third kappa shape index (κ3) is 4.49. The minimum Gasteiger partial charge on any atom is -0.507 e. The number of ketones is 1. The highest BCUT2D eigenvalue weighted by atomic mass is 16.5. The van der Waals surface area contributed by atoms with Crippen molar-refractivity contribution < 1.29 is 24.2 Å². The summed E-state index contributed by atoms with van der Waals surface area (Å²) in [7, 11) is 1.57. The molecule has 196 valence electrons. The molecule has 0 bridgehead atoms. The summed E-state index contributed by atoms with van der Waals surface area (Å²) in [6, 6.07) is 19.4. The van der Waals surface area contributed by atoms with E-state index in [0.717, 1.165) is 48.5 Å². The van der Waals surface area contributed by atoms with E-state index in [0.29, 0.717) is 23.6 Å². The number of anilines is 2. The van der Waals surface area contributed by atoms with E-state index in [1.54, 1.807) is 37.4 Å². The van der Waals surface area contributed by atoms with Crippen molar-refractivity contribution in [3.63, 3.8) is 0 Å². The Labute approximate surface area is 222 Å². The maximum Gasteiger partial charge on any atom is 0.300 e. The summed E-state index contributed by atoms with van der Waals surface area (Å²) in [5.41, 5.74) is 3.87. The Morgan fingerprint density at radius 1 is 1.03 bits per heavy atom. The Hall–Kier alpha value is -4.26. The summed E-state index contributed by atoms with van der Waals surface area (Å²) in [5, 5.41) is 11.5. The van der Waals surface area contributed by atoms with Gasteiger partial charge in [-0.2, -0.15) is 0 Å². The van der Waals surface area contributed by atoms with Crippen LogP contribution in [0.5, 0.6) is 11.5 Å². The topological polar surface area (TPSA) is 79.3 Å². The van der Waals surface area contributed by atoms with Crippen LogP contribution in [0.15, 0.2) is 72.3 Å². The first kappa shape index (κ1) is 25.4. The number of amides is 1. The fraction of sp³-hybridized carbons (Fsp3) is 0.290. The number of fused-ring (bicyclic) bond motifs is 1. The van der Waals surface area contributed by atoms with Crippen LogP contribution in [-0.2, 0) is 16.0 Å². The zero-order chi connectivity index (χ0) is 26.8.